The van der Waals surface area contributed by atoms with Gasteiger partial charge in [-0.25, -0.2) is 17.6 Å². The molecule has 0 unspecified atom stereocenters. The van der Waals surface area contributed by atoms with Gasteiger partial charge in [-0.15, -0.1) is 0 Å². The van der Waals surface area contributed by atoms with Gasteiger partial charge in [0.25, 0.3) is 0 Å². The second-order valence-corrected chi connectivity index (χ2v) is 6.64. The molecular formula is C20H21F4N3O. The van der Waals surface area contributed by atoms with Gasteiger partial charge in [0, 0.05) is 51.4 Å². The monoisotopic (exact) mass is 395 g/mol. The Hall–Kier alpha value is -2.61. The van der Waals surface area contributed by atoms with Crippen molar-refractivity contribution in [2.24, 2.45) is 0 Å². The third-order valence-electron chi connectivity index (χ3n) is 4.71. The molecule has 1 fully saturated rings. The van der Waals surface area contributed by atoms with Gasteiger partial charge in [0.05, 0.1) is 0 Å². The summed E-state index contributed by atoms with van der Waals surface area (Å²) < 4.78 is 52.3. The number of hydrogen-bond acceptors (Lipinski definition) is 3. The summed E-state index contributed by atoms with van der Waals surface area (Å²) in [4.78, 5) is 16.2. The number of hydrogen-bond donors (Lipinski definition) is 1. The minimum Gasteiger partial charge on any atom is -0.368 e. The van der Waals surface area contributed by atoms with E-state index in [1.165, 1.54) is 12.1 Å². The van der Waals surface area contributed by atoms with E-state index in [9.17, 15) is 22.4 Å². The molecule has 0 bridgehead atoms. The highest BCUT2D eigenvalue weighted by Crippen LogP contribution is 2.17. The van der Waals surface area contributed by atoms with Crippen LogP contribution in [0.15, 0.2) is 36.4 Å². The Labute approximate surface area is 160 Å². The van der Waals surface area contributed by atoms with Gasteiger partial charge in [0.2, 0.25) is 5.91 Å². The fourth-order valence-electron chi connectivity index (χ4n) is 3.16. The van der Waals surface area contributed by atoms with Crippen LogP contribution in [0.5, 0.6) is 0 Å². The van der Waals surface area contributed by atoms with Gasteiger partial charge in [0.15, 0.2) is 17.5 Å². The van der Waals surface area contributed by atoms with Crippen molar-refractivity contribution in [2.75, 3.05) is 37.6 Å². The van der Waals surface area contributed by atoms with Crippen LogP contribution in [0.4, 0.5) is 23.2 Å². The molecule has 4 nitrogen and oxygen atoms in total. The number of anilines is 1. The molecule has 1 saturated heterocycles. The zero-order valence-corrected chi connectivity index (χ0v) is 15.2. The summed E-state index contributed by atoms with van der Waals surface area (Å²) in [5.74, 6) is -4.24. The molecule has 1 heterocycles. The highest BCUT2D eigenvalue weighted by atomic mass is 19.2. The number of carbonyl (C=O) groups excluding carboxylic acids is 1. The topological polar surface area (TPSA) is 35.6 Å². The molecule has 1 aliphatic rings. The number of amides is 1. The first-order chi connectivity index (χ1) is 13.4. The standard InChI is InChI=1S/C20H21F4N3O/c21-15-1-3-16(4-2-15)26-7-9-27(10-8-26)19(28)5-6-25-13-14-11-17(22)20(24)18(23)12-14/h1-4,11-12,25H,5-10,13H2. The van der Waals surface area contributed by atoms with Gasteiger partial charge in [-0.05, 0) is 42.0 Å². The Kier molecular flexibility index (Phi) is 6.51. The van der Waals surface area contributed by atoms with Crippen LogP contribution < -0.4 is 10.2 Å². The van der Waals surface area contributed by atoms with Crippen LogP contribution in [0.3, 0.4) is 0 Å². The molecule has 0 aromatic heterocycles. The van der Waals surface area contributed by atoms with Gasteiger partial charge >= 0.3 is 0 Å². The van der Waals surface area contributed by atoms with Crippen molar-refractivity contribution >= 4 is 11.6 Å². The molecule has 1 aliphatic heterocycles. The Morgan fingerprint density at radius 1 is 0.929 bits per heavy atom. The predicted molar refractivity (Wildman–Crippen MR) is 97.8 cm³/mol. The first-order valence-electron chi connectivity index (χ1n) is 9.06. The SMILES string of the molecule is O=C(CCNCc1cc(F)c(F)c(F)c1)N1CCN(c2ccc(F)cc2)CC1. The lowest BCUT2D eigenvalue weighted by molar-refractivity contribution is -0.131. The lowest BCUT2D eigenvalue weighted by atomic mass is 10.2. The second kappa shape index (κ2) is 9.05. The van der Waals surface area contributed by atoms with Crippen LogP contribution in [0.25, 0.3) is 0 Å². The summed E-state index contributed by atoms with van der Waals surface area (Å²) in [6.45, 7) is 2.96. The third kappa shape index (κ3) is 5.01. The maximum Gasteiger partial charge on any atom is 0.223 e. The quantitative estimate of drug-likeness (QED) is 0.464. The molecule has 1 N–H and O–H groups in total. The van der Waals surface area contributed by atoms with E-state index in [4.69, 9.17) is 0 Å². The number of carbonyl (C=O) groups is 1. The van der Waals surface area contributed by atoms with Crippen LogP contribution in [0.2, 0.25) is 0 Å². The zero-order valence-electron chi connectivity index (χ0n) is 15.2. The van der Waals surface area contributed by atoms with Crippen LogP contribution >= 0.6 is 0 Å². The first-order valence-corrected chi connectivity index (χ1v) is 9.06. The van der Waals surface area contributed by atoms with Gasteiger partial charge in [-0.1, -0.05) is 0 Å². The molecule has 0 saturated carbocycles. The molecule has 2 aromatic carbocycles. The van der Waals surface area contributed by atoms with Crippen molar-refractivity contribution in [3.63, 3.8) is 0 Å². The summed E-state index contributed by atoms with van der Waals surface area (Å²) in [6, 6.07) is 8.13. The molecule has 28 heavy (non-hydrogen) atoms. The Balaban J connectivity index is 1.39. The van der Waals surface area contributed by atoms with E-state index in [0.29, 0.717) is 32.7 Å². The van der Waals surface area contributed by atoms with Crippen molar-refractivity contribution in [2.45, 2.75) is 13.0 Å². The van der Waals surface area contributed by atoms with Gasteiger partial charge in [0.1, 0.15) is 5.82 Å². The highest BCUT2D eigenvalue weighted by molar-refractivity contribution is 5.76. The van der Waals surface area contributed by atoms with E-state index in [1.807, 2.05) is 0 Å². The zero-order chi connectivity index (χ0) is 20.1. The van der Waals surface area contributed by atoms with E-state index >= 15 is 0 Å². The Morgan fingerprint density at radius 3 is 2.14 bits per heavy atom. The van der Waals surface area contributed by atoms with Crippen LogP contribution in [-0.2, 0) is 11.3 Å². The maximum absolute atomic E-state index is 13.2. The molecule has 1 amide bonds. The largest absolute Gasteiger partial charge is 0.368 e. The first kappa shape index (κ1) is 20.1. The van der Waals surface area contributed by atoms with Crippen LogP contribution in [0, 0.1) is 23.3 Å². The van der Waals surface area contributed by atoms with Gasteiger partial charge in [-0.2, -0.15) is 0 Å². The predicted octanol–water partition coefficient (Wildman–Crippen LogP) is 3.07. The molecule has 3 rings (SSSR count). The van der Waals surface area contributed by atoms with Crippen molar-refractivity contribution < 1.29 is 22.4 Å². The Morgan fingerprint density at radius 2 is 1.54 bits per heavy atom. The number of rotatable bonds is 6. The molecule has 0 atom stereocenters. The third-order valence-corrected chi connectivity index (χ3v) is 4.71. The number of nitrogens with one attached hydrogen (secondary N) is 1. The van der Waals surface area contributed by atoms with Crippen molar-refractivity contribution in [3.8, 4) is 0 Å². The summed E-state index contributed by atoms with van der Waals surface area (Å²) in [6.07, 6.45) is 0.253. The molecule has 0 radical (unpaired) electrons. The molecule has 0 aliphatic carbocycles. The molecule has 2 aromatic rings. The number of halogens is 4. The van der Waals surface area contributed by atoms with E-state index in [0.717, 1.165) is 17.8 Å². The Bertz CT molecular complexity index is 798. The summed E-state index contributed by atoms with van der Waals surface area (Å²) in [5.41, 5.74) is 1.20. The molecule has 8 heteroatoms. The van der Waals surface area contributed by atoms with E-state index in [-0.39, 0.29) is 30.3 Å². The number of piperazine rings is 1. The van der Waals surface area contributed by atoms with Crippen LogP contribution in [0.1, 0.15) is 12.0 Å². The molecule has 150 valence electrons. The second-order valence-electron chi connectivity index (χ2n) is 6.64. The summed E-state index contributed by atoms with van der Waals surface area (Å²) in [7, 11) is 0. The summed E-state index contributed by atoms with van der Waals surface area (Å²) in [5, 5.41) is 2.94. The lowest BCUT2D eigenvalue weighted by Crippen LogP contribution is -2.49. The van der Waals surface area contributed by atoms with Crippen LogP contribution in [-0.4, -0.2) is 43.5 Å². The fraction of sp³-hybridized carbons (Fsp3) is 0.350. The maximum atomic E-state index is 13.2. The van der Waals surface area contributed by atoms with Gasteiger partial charge < -0.3 is 15.1 Å². The minimum atomic E-state index is -1.49. The molecule has 0 spiro atoms. The van der Waals surface area contributed by atoms with Crippen molar-refractivity contribution in [1.29, 1.82) is 0 Å². The number of nitrogens with zero attached hydrogens (tertiary/aromatic N) is 2. The lowest BCUT2D eigenvalue weighted by Gasteiger charge is -2.36. The normalized spacial score (nSPS) is 14.4. The van der Waals surface area contributed by atoms with E-state index < -0.39 is 17.5 Å². The summed E-state index contributed by atoms with van der Waals surface area (Å²) >= 11 is 0. The van der Waals surface area contributed by atoms with E-state index in [1.54, 1.807) is 17.0 Å². The average molecular weight is 395 g/mol. The van der Waals surface area contributed by atoms with Crippen molar-refractivity contribution in [3.05, 3.63) is 65.2 Å². The minimum absolute atomic E-state index is 0.0114. The average Bonchev–Trinajstić information content (AvgIpc) is 2.70. The number of benzene rings is 2. The van der Waals surface area contributed by atoms with E-state index in [2.05, 4.69) is 10.2 Å². The molecular weight excluding hydrogens is 374 g/mol. The highest BCUT2D eigenvalue weighted by Gasteiger charge is 2.21. The van der Waals surface area contributed by atoms with Gasteiger partial charge in [-0.3, -0.25) is 4.79 Å². The fourth-order valence-corrected chi connectivity index (χ4v) is 3.16. The smallest absolute Gasteiger partial charge is 0.223 e. The van der Waals surface area contributed by atoms with Crippen molar-refractivity contribution in [1.82, 2.24) is 10.2 Å².